The second-order valence-electron chi connectivity index (χ2n) is 7.89. The van der Waals surface area contributed by atoms with E-state index >= 15 is 0 Å². The summed E-state index contributed by atoms with van der Waals surface area (Å²) in [7, 11) is 1.61. The van der Waals surface area contributed by atoms with Crippen molar-refractivity contribution < 1.29 is 23.0 Å². The third-order valence-corrected chi connectivity index (χ3v) is 5.64. The monoisotopic (exact) mass is 405 g/mol. The van der Waals surface area contributed by atoms with Crippen LogP contribution in [0.2, 0.25) is 0 Å². The summed E-state index contributed by atoms with van der Waals surface area (Å²) in [5.41, 5.74) is 0.817. The molecule has 1 amide bonds. The van der Waals surface area contributed by atoms with Gasteiger partial charge in [-0.05, 0) is 37.6 Å². The number of likely N-dealkylation sites (tertiary alicyclic amines) is 2. The van der Waals surface area contributed by atoms with Gasteiger partial charge < -0.3 is 14.4 Å². The van der Waals surface area contributed by atoms with E-state index in [1.54, 1.807) is 20.2 Å². The lowest BCUT2D eigenvalue weighted by Gasteiger charge is -2.24. The number of amides is 1. The maximum absolute atomic E-state index is 13.6. The van der Waals surface area contributed by atoms with Crippen molar-refractivity contribution in [2.24, 2.45) is 0 Å². The number of halogens is 2. The Labute approximate surface area is 168 Å². The molecule has 2 aliphatic heterocycles. The maximum atomic E-state index is 13.6. The predicted octanol–water partition coefficient (Wildman–Crippen LogP) is 2.95. The van der Waals surface area contributed by atoms with Crippen molar-refractivity contribution in [1.82, 2.24) is 14.8 Å². The molecule has 2 saturated heterocycles. The lowest BCUT2D eigenvalue weighted by molar-refractivity contribution is -0.134. The van der Waals surface area contributed by atoms with Gasteiger partial charge in [-0.15, -0.1) is 0 Å². The second-order valence-corrected chi connectivity index (χ2v) is 7.89. The fourth-order valence-electron chi connectivity index (χ4n) is 4.17. The average molecular weight is 405 g/mol. The highest BCUT2D eigenvalue weighted by molar-refractivity contribution is 5.86. The fraction of sp³-hybridized carbons (Fsp3) is 0.524. The maximum Gasteiger partial charge on any atom is 0.267 e. The zero-order chi connectivity index (χ0) is 20.6. The average Bonchev–Trinajstić information content (AvgIpc) is 3.24. The molecule has 2 fully saturated rings. The third kappa shape index (κ3) is 4.27. The Balaban J connectivity index is 1.38. The first kappa shape index (κ1) is 19.8. The van der Waals surface area contributed by atoms with E-state index in [4.69, 9.17) is 9.47 Å². The highest BCUT2D eigenvalue weighted by Crippen LogP contribution is 2.32. The number of carbonyl (C=O) groups is 1. The molecule has 0 spiro atoms. The van der Waals surface area contributed by atoms with Crippen LogP contribution < -0.4 is 9.47 Å². The van der Waals surface area contributed by atoms with Crippen LogP contribution in [0.15, 0.2) is 30.5 Å². The van der Waals surface area contributed by atoms with Gasteiger partial charge in [-0.3, -0.25) is 14.7 Å². The van der Waals surface area contributed by atoms with Crippen LogP contribution in [0.25, 0.3) is 10.9 Å². The smallest absolute Gasteiger partial charge is 0.267 e. The number of rotatable bonds is 5. The number of benzene rings is 1. The molecule has 156 valence electrons. The van der Waals surface area contributed by atoms with E-state index in [-0.39, 0.29) is 25.0 Å². The Morgan fingerprint density at radius 2 is 2.17 bits per heavy atom. The molecule has 2 aliphatic rings. The largest absolute Gasteiger partial charge is 0.497 e. The minimum atomic E-state index is -2.78. The van der Waals surface area contributed by atoms with Crippen molar-refractivity contribution in [3.05, 3.63) is 30.5 Å². The number of ether oxygens (including phenoxy) is 2. The predicted molar refractivity (Wildman–Crippen MR) is 105 cm³/mol. The lowest BCUT2D eigenvalue weighted by Crippen LogP contribution is -2.42. The summed E-state index contributed by atoms with van der Waals surface area (Å²) in [5, 5.41) is 0.870. The summed E-state index contributed by atoms with van der Waals surface area (Å²) in [6, 6.07) is 7.02. The molecule has 6 nitrogen and oxygen atoms in total. The van der Waals surface area contributed by atoms with Crippen molar-refractivity contribution in [3.63, 3.8) is 0 Å². The van der Waals surface area contributed by atoms with Crippen LogP contribution in [0.3, 0.4) is 0 Å². The van der Waals surface area contributed by atoms with Crippen LogP contribution in [-0.2, 0) is 4.79 Å². The van der Waals surface area contributed by atoms with Crippen molar-refractivity contribution >= 4 is 16.8 Å². The summed E-state index contributed by atoms with van der Waals surface area (Å²) in [6.45, 7) is 2.62. The van der Waals surface area contributed by atoms with Gasteiger partial charge in [-0.25, -0.2) is 8.78 Å². The molecule has 8 heteroatoms. The molecule has 0 saturated carbocycles. The highest BCUT2D eigenvalue weighted by Gasteiger charge is 2.45. The number of methoxy groups -OCH3 is 1. The second kappa shape index (κ2) is 7.74. The van der Waals surface area contributed by atoms with Gasteiger partial charge >= 0.3 is 0 Å². The van der Waals surface area contributed by atoms with Crippen molar-refractivity contribution in [3.8, 4) is 11.5 Å². The van der Waals surface area contributed by atoms with E-state index in [1.807, 2.05) is 29.2 Å². The number of hydrogen-bond acceptors (Lipinski definition) is 5. The number of carbonyl (C=O) groups excluding carboxylic acids is 1. The van der Waals surface area contributed by atoms with E-state index < -0.39 is 18.5 Å². The van der Waals surface area contributed by atoms with Gasteiger partial charge in [0, 0.05) is 37.1 Å². The summed E-state index contributed by atoms with van der Waals surface area (Å²) in [6.07, 6.45) is 2.14. The van der Waals surface area contributed by atoms with Gasteiger partial charge in [0.15, 0.2) is 0 Å². The first-order valence-corrected chi connectivity index (χ1v) is 9.84. The SMILES string of the molecule is COc1ccc2nccc(O[C@H]3CCN(CC(=O)N4CC(F)(F)C[C@H]4C)C3)c2c1. The summed E-state index contributed by atoms with van der Waals surface area (Å²) < 4.78 is 38.6. The zero-order valence-electron chi connectivity index (χ0n) is 16.6. The first-order valence-electron chi connectivity index (χ1n) is 9.84. The number of aromatic nitrogens is 1. The van der Waals surface area contributed by atoms with Gasteiger partial charge in [0.2, 0.25) is 5.91 Å². The van der Waals surface area contributed by atoms with Gasteiger partial charge in [-0.1, -0.05) is 0 Å². The van der Waals surface area contributed by atoms with E-state index in [0.717, 1.165) is 28.8 Å². The van der Waals surface area contributed by atoms with Gasteiger partial charge in [0.1, 0.15) is 17.6 Å². The van der Waals surface area contributed by atoms with Crippen LogP contribution in [0, 0.1) is 0 Å². The Kier molecular flexibility index (Phi) is 5.29. The molecule has 2 atom stereocenters. The molecule has 0 N–H and O–H groups in total. The molecular formula is C21H25F2N3O3. The van der Waals surface area contributed by atoms with Gasteiger partial charge in [0.05, 0.1) is 25.7 Å². The number of pyridine rings is 1. The molecule has 29 heavy (non-hydrogen) atoms. The van der Waals surface area contributed by atoms with Crippen molar-refractivity contribution in [1.29, 1.82) is 0 Å². The molecule has 3 heterocycles. The Hall–Kier alpha value is -2.48. The number of alkyl halides is 2. The molecule has 0 bridgehead atoms. The van der Waals surface area contributed by atoms with Crippen LogP contribution >= 0.6 is 0 Å². The Morgan fingerprint density at radius 1 is 1.34 bits per heavy atom. The molecule has 4 rings (SSSR count). The van der Waals surface area contributed by atoms with Crippen LogP contribution in [0.1, 0.15) is 19.8 Å². The molecule has 2 aromatic rings. The van der Waals surface area contributed by atoms with Crippen LogP contribution in [0.4, 0.5) is 8.78 Å². The molecule has 1 aromatic carbocycles. The van der Waals surface area contributed by atoms with E-state index in [2.05, 4.69) is 4.98 Å². The normalized spacial score (nSPS) is 24.2. The molecule has 0 aliphatic carbocycles. The van der Waals surface area contributed by atoms with Crippen molar-refractivity contribution in [2.45, 2.75) is 37.8 Å². The minimum absolute atomic E-state index is 0.0722. The molecule has 1 aromatic heterocycles. The third-order valence-electron chi connectivity index (χ3n) is 5.64. The van der Waals surface area contributed by atoms with Gasteiger partial charge in [-0.2, -0.15) is 0 Å². The van der Waals surface area contributed by atoms with Crippen molar-refractivity contribution in [2.75, 3.05) is 33.3 Å². The number of fused-ring (bicyclic) bond motifs is 1. The fourth-order valence-corrected chi connectivity index (χ4v) is 4.17. The Bertz CT molecular complexity index is 908. The first-order chi connectivity index (χ1) is 13.8. The van der Waals surface area contributed by atoms with E-state index in [9.17, 15) is 13.6 Å². The van der Waals surface area contributed by atoms with Crippen LogP contribution in [-0.4, -0.2) is 72.0 Å². The van der Waals surface area contributed by atoms with E-state index in [1.165, 1.54) is 4.90 Å². The summed E-state index contributed by atoms with van der Waals surface area (Å²) in [4.78, 5) is 20.1. The van der Waals surface area contributed by atoms with Gasteiger partial charge in [0.25, 0.3) is 5.92 Å². The molecule has 0 radical (unpaired) electrons. The van der Waals surface area contributed by atoms with E-state index in [0.29, 0.717) is 13.1 Å². The topological polar surface area (TPSA) is 54.9 Å². The lowest BCUT2D eigenvalue weighted by atomic mass is 10.2. The quantitative estimate of drug-likeness (QED) is 0.766. The minimum Gasteiger partial charge on any atom is -0.497 e. The van der Waals surface area contributed by atoms with Crippen LogP contribution in [0.5, 0.6) is 11.5 Å². The number of hydrogen-bond donors (Lipinski definition) is 0. The Morgan fingerprint density at radius 3 is 2.90 bits per heavy atom. The highest BCUT2D eigenvalue weighted by atomic mass is 19.3. The number of nitrogens with zero attached hydrogens (tertiary/aromatic N) is 3. The summed E-state index contributed by atoms with van der Waals surface area (Å²) in [5.74, 6) is -1.57. The standard InChI is InChI=1S/C21H25F2N3O3/c1-14-10-21(22,23)13-26(14)20(27)12-25-8-6-16(11-25)29-19-5-7-24-18-4-3-15(28-2)9-17(18)19/h3-5,7,9,14,16H,6,8,10-13H2,1-2H3/t14-,16+/m1/s1. The zero-order valence-corrected chi connectivity index (χ0v) is 16.6. The molecular weight excluding hydrogens is 380 g/mol. The summed E-state index contributed by atoms with van der Waals surface area (Å²) >= 11 is 0. The molecule has 0 unspecified atom stereocenters.